The van der Waals surface area contributed by atoms with Gasteiger partial charge in [-0.15, -0.1) is 0 Å². The number of likely N-dealkylation sites (tertiary alicyclic amines) is 1. The van der Waals surface area contributed by atoms with Gasteiger partial charge in [0.25, 0.3) is 0 Å². The van der Waals surface area contributed by atoms with Gasteiger partial charge < -0.3 is 15.0 Å². The lowest BCUT2D eigenvalue weighted by Crippen LogP contribution is -2.58. The van der Waals surface area contributed by atoms with E-state index in [1.165, 1.54) is 6.42 Å². The lowest BCUT2D eigenvalue weighted by Gasteiger charge is -2.45. The number of rotatable bonds is 3. The maximum atomic E-state index is 13.3. The number of carbonyl (C=O) groups excluding carboxylic acids is 1. The molecule has 0 aromatic carbocycles. The second-order valence-electron chi connectivity index (χ2n) is 8.65. The van der Waals surface area contributed by atoms with Crippen molar-refractivity contribution in [3.05, 3.63) is 0 Å². The predicted molar refractivity (Wildman–Crippen MR) is 95.9 cm³/mol. The van der Waals surface area contributed by atoms with Crippen LogP contribution >= 0.6 is 0 Å². The number of nitrogens with one attached hydrogen (secondary N) is 1. The standard InChI is InChI=1S/C19H35N3O2/c1-14(2)17(22-11-15(3)24-16(4)12-22)18(23)21-9-6-19(7-10-21)5-8-20-13-19/h14-17,20H,5-13H2,1-4H3. The highest BCUT2D eigenvalue weighted by Gasteiger charge is 2.41. The van der Waals surface area contributed by atoms with Crippen molar-refractivity contribution < 1.29 is 9.53 Å². The van der Waals surface area contributed by atoms with Crippen LogP contribution in [0.5, 0.6) is 0 Å². The molecule has 3 rings (SSSR count). The van der Waals surface area contributed by atoms with Crippen LogP contribution in [0.3, 0.4) is 0 Å². The first-order valence-electron chi connectivity index (χ1n) is 9.79. The fourth-order valence-electron chi connectivity index (χ4n) is 4.92. The number of piperidine rings is 1. The van der Waals surface area contributed by atoms with Gasteiger partial charge in [0.2, 0.25) is 5.91 Å². The van der Waals surface area contributed by atoms with Gasteiger partial charge in [0.1, 0.15) is 0 Å². The van der Waals surface area contributed by atoms with Crippen LogP contribution in [0.15, 0.2) is 0 Å². The van der Waals surface area contributed by atoms with Crippen molar-refractivity contribution in [1.29, 1.82) is 0 Å². The van der Waals surface area contributed by atoms with Crippen LogP contribution < -0.4 is 5.32 Å². The van der Waals surface area contributed by atoms with E-state index in [2.05, 4.69) is 42.8 Å². The number of morpholine rings is 1. The van der Waals surface area contributed by atoms with E-state index in [-0.39, 0.29) is 18.2 Å². The number of hydrogen-bond donors (Lipinski definition) is 1. The number of hydrogen-bond acceptors (Lipinski definition) is 4. The van der Waals surface area contributed by atoms with E-state index < -0.39 is 0 Å². The maximum Gasteiger partial charge on any atom is 0.240 e. The molecule has 0 saturated carbocycles. The highest BCUT2D eigenvalue weighted by atomic mass is 16.5. The summed E-state index contributed by atoms with van der Waals surface area (Å²) in [7, 11) is 0. The Kier molecular flexibility index (Phi) is 5.52. The lowest BCUT2D eigenvalue weighted by atomic mass is 9.77. The predicted octanol–water partition coefficient (Wildman–Crippen LogP) is 1.72. The molecule has 3 saturated heterocycles. The molecule has 3 atom stereocenters. The smallest absolute Gasteiger partial charge is 0.240 e. The van der Waals surface area contributed by atoms with Crippen molar-refractivity contribution in [2.24, 2.45) is 11.3 Å². The number of amides is 1. The zero-order valence-electron chi connectivity index (χ0n) is 15.9. The van der Waals surface area contributed by atoms with E-state index >= 15 is 0 Å². The first-order chi connectivity index (χ1) is 11.4. The average Bonchev–Trinajstić information content (AvgIpc) is 2.95. The van der Waals surface area contributed by atoms with E-state index in [0.29, 0.717) is 17.2 Å². The SMILES string of the molecule is CC1CN(C(C(=O)N2CCC3(CCNC3)CC2)C(C)C)CC(C)O1. The Morgan fingerprint density at radius 3 is 2.25 bits per heavy atom. The van der Waals surface area contributed by atoms with Crippen molar-refractivity contribution in [3.8, 4) is 0 Å². The third-order valence-corrected chi connectivity index (χ3v) is 6.19. The van der Waals surface area contributed by atoms with Gasteiger partial charge in [-0.25, -0.2) is 0 Å². The summed E-state index contributed by atoms with van der Waals surface area (Å²) in [6.45, 7) is 14.5. The van der Waals surface area contributed by atoms with Crippen molar-refractivity contribution >= 4 is 5.91 Å². The summed E-state index contributed by atoms with van der Waals surface area (Å²) in [6, 6.07) is -0.00504. The number of nitrogens with zero attached hydrogens (tertiary/aromatic N) is 2. The minimum absolute atomic E-state index is 0.00504. The van der Waals surface area contributed by atoms with Gasteiger partial charge in [-0.3, -0.25) is 9.69 Å². The van der Waals surface area contributed by atoms with Gasteiger partial charge >= 0.3 is 0 Å². The number of carbonyl (C=O) groups is 1. The molecule has 3 heterocycles. The van der Waals surface area contributed by atoms with Crippen LogP contribution in [-0.2, 0) is 9.53 Å². The molecule has 5 nitrogen and oxygen atoms in total. The van der Waals surface area contributed by atoms with Gasteiger partial charge in [0.05, 0.1) is 18.2 Å². The van der Waals surface area contributed by atoms with E-state index in [0.717, 1.165) is 52.1 Å². The molecular formula is C19H35N3O2. The van der Waals surface area contributed by atoms with Crippen molar-refractivity contribution in [2.45, 2.75) is 65.2 Å². The fraction of sp³-hybridized carbons (Fsp3) is 0.947. The molecule has 0 radical (unpaired) electrons. The van der Waals surface area contributed by atoms with E-state index in [9.17, 15) is 4.79 Å². The molecule has 0 aliphatic carbocycles. The summed E-state index contributed by atoms with van der Waals surface area (Å²) in [4.78, 5) is 17.8. The normalized spacial score (nSPS) is 32.5. The third kappa shape index (κ3) is 3.78. The molecule has 0 bridgehead atoms. The summed E-state index contributed by atoms with van der Waals surface area (Å²) >= 11 is 0. The van der Waals surface area contributed by atoms with Gasteiger partial charge in [0, 0.05) is 32.7 Å². The first-order valence-corrected chi connectivity index (χ1v) is 9.79. The van der Waals surface area contributed by atoms with Crippen LogP contribution in [0.1, 0.15) is 47.0 Å². The van der Waals surface area contributed by atoms with E-state index in [4.69, 9.17) is 4.74 Å². The summed E-state index contributed by atoms with van der Waals surface area (Å²) in [5.74, 6) is 0.672. The third-order valence-electron chi connectivity index (χ3n) is 6.19. The Hall–Kier alpha value is -0.650. The van der Waals surface area contributed by atoms with Crippen LogP contribution in [-0.4, -0.2) is 73.2 Å². The molecule has 0 aromatic heterocycles. The monoisotopic (exact) mass is 337 g/mol. The molecule has 138 valence electrons. The molecule has 3 fully saturated rings. The van der Waals surface area contributed by atoms with Gasteiger partial charge in [-0.2, -0.15) is 0 Å². The first kappa shape index (κ1) is 18.2. The quantitative estimate of drug-likeness (QED) is 0.852. The Morgan fingerprint density at radius 1 is 1.12 bits per heavy atom. The molecule has 5 heteroatoms. The average molecular weight is 338 g/mol. The summed E-state index contributed by atoms with van der Waals surface area (Å²) in [5.41, 5.74) is 0.464. The topological polar surface area (TPSA) is 44.8 Å². The molecule has 0 aromatic rings. The second kappa shape index (κ2) is 7.30. The van der Waals surface area contributed by atoms with Crippen molar-refractivity contribution in [2.75, 3.05) is 39.3 Å². The maximum absolute atomic E-state index is 13.3. The molecular weight excluding hydrogens is 302 g/mol. The zero-order valence-corrected chi connectivity index (χ0v) is 15.9. The van der Waals surface area contributed by atoms with Crippen LogP contribution in [0, 0.1) is 11.3 Å². The van der Waals surface area contributed by atoms with Gasteiger partial charge in [-0.1, -0.05) is 13.8 Å². The van der Waals surface area contributed by atoms with Gasteiger partial charge in [-0.05, 0) is 51.0 Å². The molecule has 24 heavy (non-hydrogen) atoms. The zero-order chi connectivity index (χ0) is 17.3. The van der Waals surface area contributed by atoms with Crippen LogP contribution in [0.4, 0.5) is 0 Å². The minimum Gasteiger partial charge on any atom is -0.373 e. The highest BCUT2D eigenvalue weighted by molar-refractivity contribution is 5.82. The molecule has 1 N–H and O–H groups in total. The Morgan fingerprint density at radius 2 is 1.75 bits per heavy atom. The minimum atomic E-state index is -0.00504. The molecule has 1 spiro atoms. The molecule has 3 unspecified atom stereocenters. The van der Waals surface area contributed by atoms with Crippen LogP contribution in [0.25, 0.3) is 0 Å². The van der Waals surface area contributed by atoms with Crippen LogP contribution in [0.2, 0.25) is 0 Å². The Labute approximate surface area is 147 Å². The largest absolute Gasteiger partial charge is 0.373 e. The van der Waals surface area contributed by atoms with E-state index in [1.807, 2.05) is 0 Å². The lowest BCUT2D eigenvalue weighted by molar-refractivity contribution is -0.147. The second-order valence-corrected chi connectivity index (χ2v) is 8.65. The molecule has 3 aliphatic rings. The van der Waals surface area contributed by atoms with Crippen molar-refractivity contribution in [3.63, 3.8) is 0 Å². The fourth-order valence-corrected chi connectivity index (χ4v) is 4.92. The van der Waals surface area contributed by atoms with Crippen molar-refractivity contribution in [1.82, 2.24) is 15.1 Å². The summed E-state index contributed by atoms with van der Waals surface area (Å²) in [5, 5.41) is 3.50. The summed E-state index contributed by atoms with van der Waals surface area (Å²) < 4.78 is 5.86. The molecule has 3 aliphatic heterocycles. The highest BCUT2D eigenvalue weighted by Crippen LogP contribution is 2.37. The Balaban J connectivity index is 1.64. The molecule has 1 amide bonds. The number of ether oxygens (including phenoxy) is 1. The van der Waals surface area contributed by atoms with Gasteiger partial charge in [0.15, 0.2) is 0 Å². The Bertz CT molecular complexity index is 428. The summed E-state index contributed by atoms with van der Waals surface area (Å²) in [6.07, 6.45) is 4.01. The van der Waals surface area contributed by atoms with E-state index in [1.54, 1.807) is 0 Å².